The van der Waals surface area contributed by atoms with Crippen LogP contribution in [0.5, 0.6) is 0 Å². The summed E-state index contributed by atoms with van der Waals surface area (Å²) in [7, 11) is 0. The van der Waals surface area contributed by atoms with E-state index in [1.54, 1.807) is 19.1 Å². The smallest absolute Gasteiger partial charge is 0.189 e. The monoisotopic (exact) mass is 342 g/mol. The normalized spacial score (nSPS) is 11.2. The highest BCUT2D eigenvalue weighted by atomic mass is 19.1. The molecule has 0 atom stereocenters. The molecule has 1 heterocycles. The molecule has 0 aliphatic heterocycles. The molecule has 0 spiro atoms. The molecule has 25 heavy (non-hydrogen) atoms. The van der Waals surface area contributed by atoms with Gasteiger partial charge in [-0.15, -0.1) is 0 Å². The van der Waals surface area contributed by atoms with Crippen LogP contribution in [0, 0.1) is 24.4 Å². The van der Waals surface area contributed by atoms with Gasteiger partial charge in [-0.05, 0) is 61.5 Å². The molecule has 3 aromatic rings. The number of halogens is 3. The lowest BCUT2D eigenvalue weighted by Crippen LogP contribution is -2.01. The lowest BCUT2D eigenvalue weighted by molar-refractivity contribution is 0.104. The highest BCUT2D eigenvalue weighted by Crippen LogP contribution is 2.17. The van der Waals surface area contributed by atoms with Crippen molar-refractivity contribution in [2.45, 2.75) is 6.92 Å². The van der Waals surface area contributed by atoms with E-state index in [-0.39, 0.29) is 11.4 Å². The van der Waals surface area contributed by atoms with Crippen molar-refractivity contribution in [1.82, 2.24) is 9.78 Å². The van der Waals surface area contributed by atoms with E-state index in [9.17, 15) is 18.0 Å². The summed E-state index contributed by atoms with van der Waals surface area (Å²) in [5, 5.41) is 4.13. The number of carbonyl (C=O) groups is 1. The van der Waals surface area contributed by atoms with Crippen LogP contribution in [-0.4, -0.2) is 15.6 Å². The third-order valence-corrected chi connectivity index (χ3v) is 3.72. The Labute approximate surface area is 142 Å². The fourth-order valence-electron chi connectivity index (χ4n) is 2.39. The minimum absolute atomic E-state index is 0.0167. The molecule has 3 rings (SSSR count). The number of allylic oxidation sites excluding steroid dienone is 1. The van der Waals surface area contributed by atoms with Crippen LogP contribution >= 0.6 is 0 Å². The van der Waals surface area contributed by atoms with E-state index < -0.39 is 17.4 Å². The predicted molar refractivity (Wildman–Crippen MR) is 88.0 cm³/mol. The van der Waals surface area contributed by atoms with Crippen LogP contribution in [0.3, 0.4) is 0 Å². The van der Waals surface area contributed by atoms with Crippen molar-refractivity contribution in [2.75, 3.05) is 0 Å². The van der Waals surface area contributed by atoms with Gasteiger partial charge in [-0.2, -0.15) is 5.10 Å². The van der Waals surface area contributed by atoms with Gasteiger partial charge in [-0.1, -0.05) is 0 Å². The number of benzene rings is 2. The van der Waals surface area contributed by atoms with Crippen molar-refractivity contribution in [1.29, 1.82) is 0 Å². The number of rotatable bonds is 4. The van der Waals surface area contributed by atoms with Crippen molar-refractivity contribution in [3.63, 3.8) is 0 Å². The summed E-state index contributed by atoms with van der Waals surface area (Å²) in [4.78, 5) is 12.3. The SMILES string of the molecule is Cc1c(C(=O)C=Cc2cc(F)ccc2F)cnn1-c1ccc(F)cc1. The Balaban J connectivity index is 1.87. The summed E-state index contributed by atoms with van der Waals surface area (Å²) >= 11 is 0. The zero-order valence-electron chi connectivity index (χ0n) is 13.2. The number of hydrogen-bond donors (Lipinski definition) is 0. The largest absolute Gasteiger partial charge is 0.289 e. The van der Waals surface area contributed by atoms with E-state index in [0.717, 1.165) is 24.3 Å². The molecule has 0 fully saturated rings. The molecule has 0 aliphatic rings. The van der Waals surface area contributed by atoms with Crippen LogP contribution in [-0.2, 0) is 0 Å². The Morgan fingerprint density at radius 1 is 1.04 bits per heavy atom. The topological polar surface area (TPSA) is 34.9 Å². The first kappa shape index (κ1) is 16.7. The molecule has 126 valence electrons. The Morgan fingerprint density at radius 2 is 1.72 bits per heavy atom. The van der Waals surface area contributed by atoms with E-state index in [1.165, 1.54) is 29.1 Å². The second-order valence-corrected chi connectivity index (χ2v) is 5.40. The van der Waals surface area contributed by atoms with Crippen molar-refractivity contribution in [2.24, 2.45) is 0 Å². The van der Waals surface area contributed by atoms with Crippen LogP contribution in [0.15, 0.2) is 54.7 Å². The highest BCUT2D eigenvalue weighted by Gasteiger charge is 2.13. The first-order valence-electron chi connectivity index (χ1n) is 7.44. The maximum absolute atomic E-state index is 13.6. The van der Waals surface area contributed by atoms with Gasteiger partial charge in [0, 0.05) is 5.56 Å². The number of ketones is 1. The zero-order valence-corrected chi connectivity index (χ0v) is 13.2. The Bertz CT molecular complexity index is 959. The standard InChI is InChI=1S/C19H13F3N2O/c1-12-17(11-23-24(12)16-6-3-14(20)4-7-16)19(25)9-2-13-10-15(21)5-8-18(13)22/h2-11H,1H3. The lowest BCUT2D eigenvalue weighted by Gasteiger charge is -2.04. The third kappa shape index (κ3) is 3.52. The summed E-state index contributed by atoms with van der Waals surface area (Å²) in [6, 6.07) is 8.69. The molecule has 0 N–H and O–H groups in total. The Hall–Kier alpha value is -3.15. The van der Waals surface area contributed by atoms with Gasteiger partial charge in [0.2, 0.25) is 0 Å². The van der Waals surface area contributed by atoms with Crippen molar-refractivity contribution in [3.8, 4) is 5.69 Å². The van der Waals surface area contributed by atoms with Gasteiger partial charge in [-0.25, -0.2) is 17.9 Å². The summed E-state index contributed by atoms with van der Waals surface area (Å²) in [5.74, 6) is -1.97. The first-order valence-corrected chi connectivity index (χ1v) is 7.44. The Kier molecular flexibility index (Phi) is 4.52. The average molecular weight is 342 g/mol. The molecule has 0 bridgehead atoms. The average Bonchev–Trinajstić information content (AvgIpc) is 2.98. The van der Waals surface area contributed by atoms with E-state index in [4.69, 9.17) is 0 Å². The van der Waals surface area contributed by atoms with Gasteiger partial charge in [0.1, 0.15) is 17.5 Å². The Morgan fingerprint density at radius 3 is 2.44 bits per heavy atom. The molecular formula is C19H13F3N2O. The molecule has 6 heteroatoms. The van der Waals surface area contributed by atoms with Crippen molar-refractivity contribution in [3.05, 3.63) is 89.0 Å². The first-order chi connectivity index (χ1) is 12.0. The predicted octanol–water partition coefficient (Wildman–Crippen LogP) is 4.49. The minimum Gasteiger partial charge on any atom is -0.289 e. The molecule has 0 aliphatic carbocycles. The van der Waals surface area contributed by atoms with Gasteiger partial charge in [0.05, 0.1) is 23.1 Å². The number of nitrogens with zero attached hydrogens (tertiary/aromatic N) is 2. The van der Waals surface area contributed by atoms with Crippen LogP contribution in [0.25, 0.3) is 11.8 Å². The van der Waals surface area contributed by atoms with Gasteiger partial charge < -0.3 is 0 Å². The molecule has 0 radical (unpaired) electrons. The summed E-state index contributed by atoms with van der Waals surface area (Å²) < 4.78 is 41.2. The quantitative estimate of drug-likeness (QED) is 0.517. The fourth-order valence-corrected chi connectivity index (χ4v) is 2.39. The van der Waals surface area contributed by atoms with Crippen LogP contribution in [0.4, 0.5) is 13.2 Å². The second kappa shape index (κ2) is 6.76. The van der Waals surface area contributed by atoms with Crippen molar-refractivity contribution < 1.29 is 18.0 Å². The van der Waals surface area contributed by atoms with Crippen molar-refractivity contribution >= 4 is 11.9 Å². The maximum atomic E-state index is 13.6. The summed E-state index contributed by atoms with van der Waals surface area (Å²) in [5.41, 5.74) is 1.47. The van der Waals surface area contributed by atoms with E-state index in [1.807, 2.05) is 0 Å². The summed E-state index contributed by atoms with van der Waals surface area (Å²) in [6.07, 6.45) is 3.76. The minimum atomic E-state index is -0.621. The molecule has 0 saturated heterocycles. The molecule has 0 saturated carbocycles. The molecule has 0 unspecified atom stereocenters. The van der Waals surface area contributed by atoms with Crippen LogP contribution in [0.1, 0.15) is 21.6 Å². The highest BCUT2D eigenvalue weighted by molar-refractivity contribution is 6.07. The summed E-state index contributed by atoms with van der Waals surface area (Å²) in [6.45, 7) is 1.69. The van der Waals surface area contributed by atoms with Crippen LogP contribution < -0.4 is 0 Å². The number of hydrogen-bond acceptors (Lipinski definition) is 2. The molecule has 3 nitrogen and oxygen atoms in total. The molecule has 2 aromatic carbocycles. The second-order valence-electron chi connectivity index (χ2n) is 5.40. The van der Waals surface area contributed by atoms with Gasteiger partial charge in [0.25, 0.3) is 0 Å². The fraction of sp³-hybridized carbons (Fsp3) is 0.0526. The molecule has 1 aromatic heterocycles. The molecular weight excluding hydrogens is 329 g/mol. The molecule has 0 amide bonds. The third-order valence-electron chi connectivity index (χ3n) is 3.72. The van der Waals surface area contributed by atoms with Gasteiger partial charge in [-0.3, -0.25) is 4.79 Å². The lowest BCUT2D eigenvalue weighted by atomic mass is 10.1. The number of carbonyl (C=O) groups excluding carboxylic acids is 1. The van der Waals surface area contributed by atoms with E-state index >= 15 is 0 Å². The maximum Gasteiger partial charge on any atom is 0.189 e. The van der Waals surface area contributed by atoms with E-state index in [2.05, 4.69) is 5.10 Å². The van der Waals surface area contributed by atoms with Gasteiger partial charge >= 0.3 is 0 Å². The van der Waals surface area contributed by atoms with E-state index in [0.29, 0.717) is 16.9 Å². The number of aromatic nitrogens is 2. The van der Waals surface area contributed by atoms with Gasteiger partial charge in [0.15, 0.2) is 5.78 Å². The van der Waals surface area contributed by atoms with Crippen LogP contribution in [0.2, 0.25) is 0 Å². The zero-order chi connectivity index (χ0) is 18.0.